The highest BCUT2D eigenvalue weighted by molar-refractivity contribution is 8.00. The fraction of sp³-hybridized carbons (Fsp3) is 0.417. The average Bonchev–Trinajstić information content (AvgIpc) is 2.81. The fourth-order valence-electron chi connectivity index (χ4n) is 4.15. The van der Waals surface area contributed by atoms with E-state index in [1.165, 1.54) is 21.0 Å². The van der Waals surface area contributed by atoms with Crippen molar-refractivity contribution in [1.82, 2.24) is 9.62 Å². The maximum Gasteiger partial charge on any atom is 0.243 e. The average molecular weight is 488 g/mol. The van der Waals surface area contributed by atoms with Gasteiger partial charge in [0.05, 0.1) is 22.4 Å². The number of nitrogens with zero attached hydrogens (tertiary/aromatic N) is 2. The van der Waals surface area contributed by atoms with Crippen molar-refractivity contribution in [2.24, 2.45) is 5.92 Å². The van der Waals surface area contributed by atoms with Gasteiger partial charge in [-0.05, 0) is 49.4 Å². The van der Waals surface area contributed by atoms with Crippen molar-refractivity contribution in [3.63, 3.8) is 0 Å². The summed E-state index contributed by atoms with van der Waals surface area (Å²) in [6.07, 6.45) is 1.68. The maximum absolute atomic E-state index is 13.2. The highest BCUT2D eigenvalue weighted by atomic mass is 32.2. The molecule has 176 valence electrons. The van der Waals surface area contributed by atoms with Crippen LogP contribution in [-0.4, -0.2) is 49.9 Å². The lowest BCUT2D eigenvalue weighted by Gasteiger charge is -2.31. The quantitative estimate of drug-likeness (QED) is 0.675. The highest BCUT2D eigenvalue weighted by Crippen LogP contribution is 2.37. The molecule has 2 amide bonds. The fourth-order valence-corrected chi connectivity index (χ4v) is 6.55. The van der Waals surface area contributed by atoms with Crippen LogP contribution in [-0.2, 0) is 19.6 Å². The van der Waals surface area contributed by atoms with Gasteiger partial charge in [-0.15, -0.1) is 11.8 Å². The van der Waals surface area contributed by atoms with Gasteiger partial charge in [-0.3, -0.25) is 9.59 Å². The number of fused-ring (bicyclic) bond motifs is 1. The number of thioether (sulfide) groups is 1. The van der Waals surface area contributed by atoms with E-state index in [0.717, 1.165) is 23.3 Å². The molecule has 2 aromatic carbocycles. The van der Waals surface area contributed by atoms with Crippen molar-refractivity contribution in [2.75, 3.05) is 30.3 Å². The van der Waals surface area contributed by atoms with Gasteiger partial charge in [0.15, 0.2) is 0 Å². The summed E-state index contributed by atoms with van der Waals surface area (Å²) >= 11 is 1.36. The number of hydrogen-bond donors (Lipinski definition) is 1. The zero-order chi connectivity index (χ0) is 23.6. The van der Waals surface area contributed by atoms with Crippen molar-refractivity contribution in [3.05, 3.63) is 54.1 Å². The van der Waals surface area contributed by atoms with Gasteiger partial charge in [0.1, 0.15) is 6.54 Å². The Morgan fingerprint density at radius 1 is 1.15 bits per heavy atom. The molecular formula is C24H29N3O4S2. The third-order valence-corrected chi connectivity index (χ3v) is 9.17. The number of nitrogens with one attached hydrogen (secondary N) is 1. The minimum absolute atomic E-state index is 0.158. The summed E-state index contributed by atoms with van der Waals surface area (Å²) < 4.78 is 28.0. The smallest absolute Gasteiger partial charge is 0.243 e. The summed E-state index contributed by atoms with van der Waals surface area (Å²) in [5.41, 5.74) is 1.45. The van der Waals surface area contributed by atoms with Crippen LogP contribution in [0.15, 0.2) is 58.3 Å². The lowest BCUT2D eigenvalue weighted by molar-refractivity contribution is -0.123. The molecule has 33 heavy (non-hydrogen) atoms. The Labute approximate surface area is 199 Å². The topological polar surface area (TPSA) is 86.8 Å². The third-order valence-electron chi connectivity index (χ3n) is 6.23. The van der Waals surface area contributed by atoms with Gasteiger partial charge in [-0.1, -0.05) is 37.3 Å². The largest absolute Gasteiger partial charge is 0.348 e. The van der Waals surface area contributed by atoms with Gasteiger partial charge in [0.2, 0.25) is 21.8 Å². The van der Waals surface area contributed by atoms with Crippen LogP contribution >= 0.6 is 11.8 Å². The molecule has 1 N–H and O–H groups in total. The Hall–Kier alpha value is -2.36. The second-order valence-corrected chi connectivity index (χ2v) is 11.6. The monoisotopic (exact) mass is 487 g/mol. The summed E-state index contributed by atoms with van der Waals surface area (Å²) in [7, 11) is -3.66. The second kappa shape index (κ2) is 9.87. The van der Waals surface area contributed by atoms with E-state index in [1.54, 1.807) is 18.2 Å². The molecule has 0 saturated carbocycles. The van der Waals surface area contributed by atoms with Crippen LogP contribution in [0.5, 0.6) is 0 Å². The molecule has 0 aliphatic carbocycles. The van der Waals surface area contributed by atoms with Crippen LogP contribution in [0.25, 0.3) is 0 Å². The summed E-state index contributed by atoms with van der Waals surface area (Å²) in [6, 6.07) is 14.3. The molecule has 1 fully saturated rings. The standard InChI is InChI=1S/C24H29N3O4S2/c1-17-10-12-26(13-11-17)33(30,31)20-8-9-22-21(14-20)27(24(29)16-32-22)15-23(28)25-18(2)19-6-4-3-5-7-19/h3-9,14,17-18H,10-13,15-16H2,1-2H3,(H,25,28)/t18-/m0/s1. The number of piperidine rings is 1. The number of carbonyl (C=O) groups is 2. The molecule has 7 nitrogen and oxygen atoms in total. The number of anilines is 1. The van der Waals surface area contributed by atoms with Crippen molar-refractivity contribution >= 4 is 39.3 Å². The Morgan fingerprint density at radius 3 is 2.55 bits per heavy atom. The Kier molecular flexibility index (Phi) is 7.11. The number of amides is 2. The van der Waals surface area contributed by atoms with Crippen molar-refractivity contribution in [1.29, 1.82) is 0 Å². The second-order valence-electron chi connectivity index (χ2n) is 8.68. The molecule has 2 heterocycles. The van der Waals surface area contributed by atoms with Crippen LogP contribution in [0, 0.1) is 5.92 Å². The van der Waals surface area contributed by atoms with Crippen molar-refractivity contribution in [2.45, 2.75) is 42.5 Å². The molecule has 1 atom stereocenters. The molecule has 0 unspecified atom stereocenters. The summed E-state index contributed by atoms with van der Waals surface area (Å²) in [4.78, 5) is 27.8. The first kappa shape index (κ1) is 23.8. The molecule has 2 aromatic rings. The first-order valence-corrected chi connectivity index (χ1v) is 13.6. The SMILES string of the molecule is CC1CCN(S(=O)(=O)c2ccc3c(c2)N(CC(=O)N[C@@H](C)c2ccccc2)C(=O)CS3)CC1. The van der Waals surface area contributed by atoms with Crippen molar-refractivity contribution in [3.8, 4) is 0 Å². The predicted molar refractivity (Wildman–Crippen MR) is 130 cm³/mol. The van der Waals surface area contributed by atoms with E-state index in [-0.39, 0.29) is 35.0 Å². The molecule has 2 aliphatic rings. The Balaban J connectivity index is 1.54. The molecule has 0 radical (unpaired) electrons. The molecule has 1 saturated heterocycles. The van der Waals surface area contributed by atoms with E-state index < -0.39 is 10.0 Å². The minimum atomic E-state index is -3.66. The number of benzene rings is 2. The van der Waals surface area contributed by atoms with E-state index in [1.807, 2.05) is 37.3 Å². The number of rotatable bonds is 6. The van der Waals surface area contributed by atoms with Crippen LogP contribution in [0.3, 0.4) is 0 Å². The molecule has 4 rings (SSSR count). The highest BCUT2D eigenvalue weighted by Gasteiger charge is 2.32. The molecule has 9 heteroatoms. The summed E-state index contributed by atoms with van der Waals surface area (Å²) in [6.45, 7) is 4.86. The summed E-state index contributed by atoms with van der Waals surface area (Å²) in [5, 5.41) is 2.93. The van der Waals surface area contributed by atoms with E-state index in [2.05, 4.69) is 12.2 Å². The van der Waals surface area contributed by atoms with Crippen LogP contribution in [0.4, 0.5) is 5.69 Å². The Morgan fingerprint density at radius 2 is 1.85 bits per heavy atom. The van der Waals surface area contributed by atoms with E-state index >= 15 is 0 Å². The van der Waals surface area contributed by atoms with Crippen LogP contribution < -0.4 is 10.2 Å². The number of hydrogen-bond acceptors (Lipinski definition) is 5. The number of sulfonamides is 1. The van der Waals surface area contributed by atoms with Gasteiger partial charge >= 0.3 is 0 Å². The first-order chi connectivity index (χ1) is 15.8. The van der Waals surface area contributed by atoms with Crippen LogP contribution in [0.1, 0.15) is 38.3 Å². The zero-order valence-electron chi connectivity index (χ0n) is 18.9. The van der Waals surface area contributed by atoms with Gasteiger partial charge in [-0.25, -0.2) is 8.42 Å². The van der Waals surface area contributed by atoms with Gasteiger partial charge < -0.3 is 10.2 Å². The van der Waals surface area contributed by atoms with Gasteiger partial charge in [0, 0.05) is 18.0 Å². The maximum atomic E-state index is 13.2. The van der Waals surface area contributed by atoms with Gasteiger partial charge in [-0.2, -0.15) is 4.31 Å². The normalized spacial score (nSPS) is 18.6. The lowest BCUT2D eigenvalue weighted by Crippen LogP contribution is -2.44. The molecule has 2 aliphatic heterocycles. The first-order valence-electron chi connectivity index (χ1n) is 11.2. The van der Waals surface area contributed by atoms with Gasteiger partial charge in [0.25, 0.3) is 0 Å². The lowest BCUT2D eigenvalue weighted by atomic mass is 10.0. The summed E-state index contributed by atoms with van der Waals surface area (Å²) in [5.74, 6) is 0.221. The van der Waals surface area contributed by atoms with E-state index in [4.69, 9.17) is 0 Å². The van der Waals surface area contributed by atoms with E-state index in [0.29, 0.717) is 24.7 Å². The predicted octanol–water partition coefficient (Wildman–Crippen LogP) is 3.42. The molecule has 0 aromatic heterocycles. The molecule has 0 spiro atoms. The molecular weight excluding hydrogens is 458 g/mol. The van der Waals surface area contributed by atoms with Crippen LogP contribution in [0.2, 0.25) is 0 Å². The van der Waals surface area contributed by atoms with Crippen molar-refractivity contribution < 1.29 is 18.0 Å². The zero-order valence-corrected chi connectivity index (χ0v) is 20.5. The molecule has 0 bridgehead atoms. The van der Waals surface area contributed by atoms with E-state index in [9.17, 15) is 18.0 Å². The minimum Gasteiger partial charge on any atom is -0.348 e. The Bertz CT molecular complexity index is 1130. The third kappa shape index (κ3) is 5.26. The number of carbonyl (C=O) groups excluding carboxylic acids is 2.